The summed E-state index contributed by atoms with van der Waals surface area (Å²) in [4.78, 5) is 4.35. The molecule has 0 fully saturated rings. The van der Waals surface area contributed by atoms with Gasteiger partial charge in [0.15, 0.2) is 11.7 Å². The topological polar surface area (TPSA) is 38.1 Å². The van der Waals surface area contributed by atoms with E-state index in [0.717, 1.165) is 47.6 Å². The fraction of sp³-hybridized carbons (Fsp3) is 0.438. The zero-order chi connectivity index (χ0) is 14.4. The number of hydrogen-bond donors (Lipinski definition) is 1. The first-order chi connectivity index (χ1) is 9.66. The van der Waals surface area contributed by atoms with Crippen LogP contribution in [0.3, 0.4) is 0 Å². The standard InChI is InChI=1S/C16H21BrN2O/c1-12(2)10-18-9-5-8-16-19-11-15(20-16)13-6-3-4-7-14(13)17/h3-4,6-7,11-12,18H,5,8-10H2,1-2H3. The molecule has 1 heterocycles. The molecule has 0 unspecified atom stereocenters. The van der Waals surface area contributed by atoms with Crippen LogP contribution in [0.1, 0.15) is 26.2 Å². The molecule has 0 saturated carbocycles. The van der Waals surface area contributed by atoms with Gasteiger partial charge in [-0.05, 0) is 31.5 Å². The van der Waals surface area contributed by atoms with E-state index in [1.807, 2.05) is 24.3 Å². The van der Waals surface area contributed by atoms with Crippen molar-refractivity contribution in [2.75, 3.05) is 13.1 Å². The molecule has 3 nitrogen and oxygen atoms in total. The van der Waals surface area contributed by atoms with Crippen LogP contribution >= 0.6 is 15.9 Å². The molecule has 0 aliphatic rings. The average molecular weight is 337 g/mol. The van der Waals surface area contributed by atoms with Gasteiger partial charge >= 0.3 is 0 Å². The Morgan fingerprint density at radius 3 is 2.85 bits per heavy atom. The highest BCUT2D eigenvalue weighted by molar-refractivity contribution is 9.10. The van der Waals surface area contributed by atoms with Crippen LogP contribution in [0.5, 0.6) is 0 Å². The number of nitrogens with zero attached hydrogens (tertiary/aromatic N) is 1. The molecule has 2 aromatic rings. The Morgan fingerprint density at radius 1 is 1.30 bits per heavy atom. The number of aromatic nitrogens is 1. The second-order valence-electron chi connectivity index (χ2n) is 5.30. The lowest BCUT2D eigenvalue weighted by molar-refractivity contribution is 0.483. The highest BCUT2D eigenvalue weighted by Gasteiger charge is 2.08. The van der Waals surface area contributed by atoms with Crippen molar-refractivity contribution in [2.24, 2.45) is 5.92 Å². The summed E-state index contributed by atoms with van der Waals surface area (Å²) in [7, 11) is 0. The highest BCUT2D eigenvalue weighted by Crippen LogP contribution is 2.28. The number of hydrogen-bond acceptors (Lipinski definition) is 3. The SMILES string of the molecule is CC(C)CNCCCc1ncc(-c2ccccc2Br)o1. The maximum absolute atomic E-state index is 5.81. The van der Waals surface area contributed by atoms with Gasteiger partial charge in [0.25, 0.3) is 0 Å². The molecular formula is C16H21BrN2O. The van der Waals surface area contributed by atoms with Gasteiger partial charge in [-0.15, -0.1) is 0 Å². The molecule has 1 N–H and O–H groups in total. The van der Waals surface area contributed by atoms with Gasteiger partial charge in [0.05, 0.1) is 6.20 Å². The molecule has 0 aliphatic heterocycles. The molecule has 0 aliphatic carbocycles. The predicted octanol–water partition coefficient (Wildman–Crippen LogP) is 4.28. The number of aryl methyl sites for hydroxylation is 1. The molecule has 0 saturated heterocycles. The van der Waals surface area contributed by atoms with Gasteiger partial charge in [-0.25, -0.2) is 4.98 Å². The summed E-state index contributed by atoms with van der Waals surface area (Å²) in [5.74, 6) is 2.32. The molecule has 0 atom stereocenters. The van der Waals surface area contributed by atoms with Crippen molar-refractivity contribution in [1.82, 2.24) is 10.3 Å². The monoisotopic (exact) mass is 336 g/mol. The summed E-state index contributed by atoms with van der Waals surface area (Å²) in [5.41, 5.74) is 1.05. The number of rotatable bonds is 7. The summed E-state index contributed by atoms with van der Waals surface area (Å²) in [6.45, 7) is 6.49. The van der Waals surface area contributed by atoms with E-state index in [1.165, 1.54) is 0 Å². The largest absolute Gasteiger partial charge is 0.441 e. The van der Waals surface area contributed by atoms with Crippen LogP contribution in [0.25, 0.3) is 11.3 Å². The first-order valence-corrected chi connectivity index (χ1v) is 7.86. The second-order valence-corrected chi connectivity index (χ2v) is 6.15. The first kappa shape index (κ1) is 15.3. The summed E-state index contributed by atoms with van der Waals surface area (Å²) >= 11 is 3.53. The van der Waals surface area contributed by atoms with E-state index in [4.69, 9.17) is 4.42 Å². The predicted molar refractivity (Wildman–Crippen MR) is 85.7 cm³/mol. The van der Waals surface area contributed by atoms with Gasteiger partial charge in [-0.1, -0.05) is 48.0 Å². The number of nitrogens with one attached hydrogen (secondary N) is 1. The minimum absolute atomic E-state index is 0.693. The Balaban J connectivity index is 1.85. The van der Waals surface area contributed by atoms with Gasteiger partial charge in [0, 0.05) is 16.5 Å². The summed E-state index contributed by atoms with van der Waals surface area (Å²) in [6, 6.07) is 8.02. The van der Waals surface area contributed by atoms with Crippen LogP contribution in [-0.2, 0) is 6.42 Å². The van der Waals surface area contributed by atoms with Crippen molar-refractivity contribution in [3.8, 4) is 11.3 Å². The van der Waals surface area contributed by atoms with Crippen LogP contribution in [0.4, 0.5) is 0 Å². The van der Waals surface area contributed by atoms with Gasteiger partial charge in [0.2, 0.25) is 0 Å². The zero-order valence-electron chi connectivity index (χ0n) is 12.0. The molecule has 0 radical (unpaired) electrons. The van der Waals surface area contributed by atoms with Crippen molar-refractivity contribution in [3.63, 3.8) is 0 Å². The van der Waals surface area contributed by atoms with Crippen molar-refractivity contribution in [2.45, 2.75) is 26.7 Å². The minimum Gasteiger partial charge on any atom is -0.441 e. The minimum atomic E-state index is 0.693. The summed E-state index contributed by atoms with van der Waals surface area (Å²) in [5, 5.41) is 3.43. The quantitative estimate of drug-likeness (QED) is 0.766. The van der Waals surface area contributed by atoms with E-state index < -0.39 is 0 Å². The zero-order valence-corrected chi connectivity index (χ0v) is 13.6. The van der Waals surface area contributed by atoms with Gasteiger partial charge in [0.1, 0.15) is 0 Å². The first-order valence-electron chi connectivity index (χ1n) is 7.07. The van der Waals surface area contributed by atoms with Crippen LogP contribution in [0.2, 0.25) is 0 Å². The third-order valence-electron chi connectivity index (χ3n) is 2.99. The second kappa shape index (κ2) is 7.60. The fourth-order valence-electron chi connectivity index (χ4n) is 1.97. The van der Waals surface area contributed by atoms with Crippen LogP contribution in [0.15, 0.2) is 39.4 Å². The van der Waals surface area contributed by atoms with Crippen LogP contribution < -0.4 is 5.32 Å². The molecule has 1 aromatic heterocycles. The molecule has 2 rings (SSSR count). The van der Waals surface area contributed by atoms with Gasteiger partial charge < -0.3 is 9.73 Å². The van der Waals surface area contributed by atoms with E-state index >= 15 is 0 Å². The molecular weight excluding hydrogens is 316 g/mol. The third kappa shape index (κ3) is 4.46. The Morgan fingerprint density at radius 2 is 2.10 bits per heavy atom. The lowest BCUT2D eigenvalue weighted by atomic mass is 10.2. The van der Waals surface area contributed by atoms with E-state index in [9.17, 15) is 0 Å². The maximum Gasteiger partial charge on any atom is 0.194 e. The Hall–Kier alpha value is -1.13. The maximum atomic E-state index is 5.81. The molecule has 0 spiro atoms. The Bertz CT molecular complexity index is 537. The number of benzene rings is 1. The van der Waals surface area contributed by atoms with E-state index in [2.05, 4.69) is 40.1 Å². The molecule has 4 heteroatoms. The van der Waals surface area contributed by atoms with E-state index in [0.29, 0.717) is 5.92 Å². The lowest BCUT2D eigenvalue weighted by Crippen LogP contribution is -2.21. The normalized spacial score (nSPS) is 11.2. The highest BCUT2D eigenvalue weighted by atomic mass is 79.9. The molecule has 0 bridgehead atoms. The van der Waals surface area contributed by atoms with Crippen LogP contribution in [-0.4, -0.2) is 18.1 Å². The Kier molecular flexibility index (Phi) is 5.80. The summed E-state index contributed by atoms with van der Waals surface area (Å²) < 4.78 is 6.84. The molecule has 0 amide bonds. The van der Waals surface area contributed by atoms with Crippen molar-refractivity contribution in [1.29, 1.82) is 0 Å². The molecule has 20 heavy (non-hydrogen) atoms. The summed E-state index contributed by atoms with van der Waals surface area (Å²) in [6.07, 6.45) is 3.72. The lowest BCUT2D eigenvalue weighted by Gasteiger charge is -2.05. The van der Waals surface area contributed by atoms with Crippen molar-refractivity contribution >= 4 is 15.9 Å². The van der Waals surface area contributed by atoms with Crippen molar-refractivity contribution in [3.05, 3.63) is 40.8 Å². The fourth-order valence-corrected chi connectivity index (χ4v) is 2.45. The smallest absolute Gasteiger partial charge is 0.194 e. The molecule has 108 valence electrons. The Labute approximate surface area is 128 Å². The molecule has 1 aromatic carbocycles. The van der Waals surface area contributed by atoms with Gasteiger partial charge in [-0.3, -0.25) is 0 Å². The average Bonchev–Trinajstić information content (AvgIpc) is 2.87. The van der Waals surface area contributed by atoms with Gasteiger partial charge in [-0.2, -0.15) is 0 Å². The van der Waals surface area contributed by atoms with E-state index in [1.54, 1.807) is 6.20 Å². The number of halogens is 1. The third-order valence-corrected chi connectivity index (χ3v) is 3.68. The number of oxazole rings is 1. The van der Waals surface area contributed by atoms with E-state index in [-0.39, 0.29) is 0 Å². The van der Waals surface area contributed by atoms with Crippen LogP contribution in [0, 0.1) is 5.92 Å². The van der Waals surface area contributed by atoms with Crippen molar-refractivity contribution < 1.29 is 4.42 Å².